The second kappa shape index (κ2) is 7.46. The predicted octanol–water partition coefficient (Wildman–Crippen LogP) is 4.11. The molecule has 1 aromatic carbocycles. The van der Waals surface area contributed by atoms with Crippen LogP contribution in [0.4, 0.5) is 0 Å². The van der Waals surface area contributed by atoms with Gasteiger partial charge in [-0.05, 0) is 24.9 Å². The topological polar surface area (TPSA) is 34.4 Å². The number of fused-ring (bicyclic) bond motifs is 1. The fourth-order valence-electron chi connectivity index (χ4n) is 2.24. The summed E-state index contributed by atoms with van der Waals surface area (Å²) in [5.74, 6) is 1.50. The Balaban J connectivity index is 2.15. The Morgan fingerprint density at radius 1 is 1.25 bits per heavy atom. The van der Waals surface area contributed by atoms with Crippen molar-refractivity contribution < 1.29 is 9.15 Å². The third-order valence-corrected chi connectivity index (χ3v) is 3.19. The maximum Gasteiger partial charge on any atom is 0.135 e. The fraction of sp³-hybridized carbons (Fsp3) is 0.529. The first-order valence-electron chi connectivity index (χ1n) is 7.50. The van der Waals surface area contributed by atoms with Crippen LogP contribution in [0.1, 0.15) is 38.5 Å². The van der Waals surface area contributed by atoms with E-state index in [2.05, 4.69) is 38.2 Å². The first-order chi connectivity index (χ1) is 9.72. The number of para-hydroxylation sites is 1. The van der Waals surface area contributed by atoms with Gasteiger partial charge in [0.15, 0.2) is 0 Å². The summed E-state index contributed by atoms with van der Waals surface area (Å²) >= 11 is 0. The zero-order valence-electron chi connectivity index (χ0n) is 12.7. The van der Waals surface area contributed by atoms with Crippen LogP contribution in [0.15, 0.2) is 28.7 Å². The van der Waals surface area contributed by atoms with Crippen LogP contribution in [0, 0.1) is 5.92 Å². The highest BCUT2D eigenvalue weighted by Gasteiger charge is 2.13. The van der Waals surface area contributed by atoms with Crippen LogP contribution in [0.2, 0.25) is 0 Å². The molecule has 0 saturated heterocycles. The molecule has 2 rings (SSSR count). The maximum absolute atomic E-state index is 5.95. The van der Waals surface area contributed by atoms with Crippen LogP contribution in [0.3, 0.4) is 0 Å². The third kappa shape index (κ3) is 3.84. The molecule has 0 fully saturated rings. The van der Waals surface area contributed by atoms with E-state index in [4.69, 9.17) is 9.15 Å². The number of benzene rings is 1. The van der Waals surface area contributed by atoms with Crippen LogP contribution in [0.25, 0.3) is 11.0 Å². The molecule has 1 heterocycles. The van der Waals surface area contributed by atoms with E-state index in [0.717, 1.165) is 37.5 Å². The van der Waals surface area contributed by atoms with Gasteiger partial charge in [0.05, 0.1) is 0 Å². The van der Waals surface area contributed by atoms with Crippen molar-refractivity contribution in [3.63, 3.8) is 0 Å². The summed E-state index contributed by atoms with van der Waals surface area (Å²) in [4.78, 5) is 0. The molecule has 0 saturated carbocycles. The molecule has 0 unspecified atom stereocenters. The third-order valence-electron chi connectivity index (χ3n) is 3.19. The lowest BCUT2D eigenvalue weighted by molar-refractivity contribution is 0.0848. The van der Waals surface area contributed by atoms with Gasteiger partial charge < -0.3 is 14.5 Å². The van der Waals surface area contributed by atoms with Gasteiger partial charge in [0.2, 0.25) is 0 Å². The normalized spacial score (nSPS) is 11.6. The highest BCUT2D eigenvalue weighted by molar-refractivity contribution is 5.82. The largest absolute Gasteiger partial charge is 0.458 e. The summed E-state index contributed by atoms with van der Waals surface area (Å²) in [6.45, 7) is 9.66. The molecule has 0 aliphatic rings. The highest BCUT2D eigenvalue weighted by atomic mass is 16.5. The van der Waals surface area contributed by atoms with Crippen molar-refractivity contribution in [3.05, 3.63) is 35.6 Å². The van der Waals surface area contributed by atoms with Crippen molar-refractivity contribution in [1.82, 2.24) is 5.32 Å². The number of rotatable bonds is 8. The summed E-state index contributed by atoms with van der Waals surface area (Å²) in [6, 6.07) is 8.20. The SMILES string of the molecule is CCCNCc1c(COCC(C)C)oc2ccccc12. The van der Waals surface area contributed by atoms with Gasteiger partial charge in [0.25, 0.3) is 0 Å². The number of furan rings is 1. The Morgan fingerprint density at radius 2 is 2.05 bits per heavy atom. The number of hydrogen-bond donors (Lipinski definition) is 1. The van der Waals surface area contributed by atoms with Crippen LogP contribution in [0.5, 0.6) is 0 Å². The smallest absolute Gasteiger partial charge is 0.135 e. The maximum atomic E-state index is 5.95. The molecular formula is C17H25NO2. The Kier molecular flexibility index (Phi) is 5.62. The van der Waals surface area contributed by atoms with Crippen LogP contribution in [-0.4, -0.2) is 13.2 Å². The second-order valence-electron chi connectivity index (χ2n) is 5.59. The molecule has 110 valence electrons. The van der Waals surface area contributed by atoms with E-state index in [-0.39, 0.29) is 0 Å². The summed E-state index contributed by atoms with van der Waals surface area (Å²) in [5.41, 5.74) is 2.18. The lowest BCUT2D eigenvalue weighted by Crippen LogP contribution is -2.15. The highest BCUT2D eigenvalue weighted by Crippen LogP contribution is 2.26. The molecule has 0 spiro atoms. The fourth-order valence-corrected chi connectivity index (χ4v) is 2.24. The van der Waals surface area contributed by atoms with Crippen molar-refractivity contribution in [2.75, 3.05) is 13.2 Å². The van der Waals surface area contributed by atoms with Crippen molar-refractivity contribution in [1.29, 1.82) is 0 Å². The van der Waals surface area contributed by atoms with E-state index in [0.29, 0.717) is 12.5 Å². The minimum Gasteiger partial charge on any atom is -0.458 e. The molecule has 1 aromatic heterocycles. The van der Waals surface area contributed by atoms with E-state index in [1.54, 1.807) is 0 Å². The summed E-state index contributed by atoms with van der Waals surface area (Å²) in [7, 11) is 0. The Bertz CT molecular complexity index is 531. The van der Waals surface area contributed by atoms with Crippen molar-refractivity contribution in [3.8, 4) is 0 Å². The Morgan fingerprint density at radius 3 is 2.80 bits per heavy atom. The lowest BCUT2D eigenvalue weighted by atomic mass is 10.1. The molecule has 3 heteroatoms. The van der Waals surface area contributed by atoms with Gasteiger partial charge >= 0.3 is 0 Å². The Hall–Kier alpha value is -1.32. The summed E-state index contributed by atoms with van der Waals surface area (Å²) in [5, 5.41) is 4.65. The molecule has 0 bridgehead atoms. The average molecular weight is 275 g/mol. The molecule has 0 radical (unpaired) electrons. The van der Waals surface area contributed by atoms with Crippen molar-refractivity contribution >= 4 is 11.0 Å². The molecule has 20 heavy (non-hydrogen) atoms. The molecule has 0 amide bonds. The first-order valence-corrected chi connectivity index (χ1v) is 7.50. The van der Waals surface area contributed by atoms with Crippen LogP contribution in [-0.2, 0) is 17.9 Å². The first kappa shape index (κ1) is 15.1. The minimum absolute atomic E-state index is 0.543. The van der Waals surface area contributed by atoms with Gasteiger partial charge in [-0.15, -0.1) is 0 Å². The minimum atomic E-state index is 0.543. The van der Waals surface area contributed by atoms with Crippen molar-refractivity contribution in [2.45, 2.75) is 40.3 Å². The van der Waals surface area contributed by atoms with Gasteiger partial charge in [0.1, 0.15) is 18.0 Å². The quantitative estimate of drug-likeness (QED) is 0.736. The van der Waals surface area contributed by atoms with Gasteiger partial charge in [-0.3, -0.25) is 0 Å². The van der Waals surface area contributed by atoms with Gasteiger partial charge in [0, 0.05) is 24.1 Å². The van der Waals surface area contributed by atoms with E-state index < -0.39 is 0 Å². The van der Waals surface area contributed by atoms with Crippen molar-refractivity contribution in [2.24, 2.45) is 5.92 Å². The summed E-state index contributed by atoms with van der Waals surface area (Å²) in [6.07, 6.45) is 1.13. The monoisotopic (exact) mass is 275 g/mol. The molecule has 0 aliphatic heterocycles. The van der Waals surface area contributed by atoms with Gasteiger partial charge in [-0.1, -0.05) is 39.0 Å². The standard InChI is InChI=1S/C17H25NO2/c1-4-9-18-10-15-14-7-5-6-8-16(14)20-17(15)12-19-11-13(2)3/h5-8,13,18H,4,9-12H2,1-3H3. The molecule has 2 aromatic rings. The Labute approximate surface area is 121 Å². The van der Waals surface area contributed by atoms with E-state index >= 15 is 0 Å². The summed E-state index contributed by atoms with van der Waals surface area (Å²) < 4.78 is 11.7. The van der Waals surface area contributed by atoms with E-state index in [1.807, 2.05) is 12.1 Å². The molecule has 0 aliphatic carbocycles. The second-order valence-corrected chi connectivity index (χ2v) is 5.59. The van der Waals surface area contributed by atoms with Gasteiger partial charge in [-0.2, -0.15) is 0 Å². The van der Waals surface area contributed by atoms with Crippen LogP contribution >= 0.6 is 0 Å². The molecule has 1 N–H and O–H groups in total. The number of hydrogen-bond acceptors (Lipinski definition) is 3. The number of nitrogens with one attached hydrogen (secondary N) is 1. The predicted molar refractivity (Wildman–Crippen MR) is 82.7 cm³/mol. The van der Waals surface area contributed by atoms with E-state index in [1.165, 1.54) is 10.9 Å². The lowest BCUT2D eigenvalue weighted by Gasteiger charge is -2.07. The molecule has 3 nitrogen and oxygen atoms in total. The zero-order valence-corrected chi connectivity index (χ0v) is 12.7. The van der Waals surface area contributed by atoms with Gasteiger partial charge in [-0.25, -0.2) is 0 Å². The van der Waals surface area contributed by atoms with E-state index in [9.17, 15) is 0 Å². The zero-order chi connectivity index (χ0) is 14.4. The van der Waals surface area contributed by atoms with Crippen LogP contribution < -0.4 is 5.32 Å². The molecular weight excluding hydrogens is 250 g/mol. The number of ether oxygens (including phenoxy) is 1. The molecule has 0 atom stereocenters. The average Bonchev–Trinajstić information content (AvgIpc) is 2.77.